The minimum atomic E-state index is -4.89. The number of hydrogen-bond acceptors (Lipinski definition) is 4. The highest BCUT2D eigenvalue weighted by Crippen LogP contribution is 2.50. The van der Waals surface area contributed by atoms with Crippen LogP contribution in [0.15, 0.2) is 170 Å². The minimum absolute atomic E-state index is 0.243. The first-order chi connectivity index (χ1) is 33.5. The van der Waals surface area contributed by atoms with Crippen molar-refractivity contribution >= 4 is 66.4 Å². The third-order valence-corrected chi connectivity index (χ3v) is 12.2. The van der Waals surface area contributed by atoms with Crippen LogP contribution >= 0.6 is 0 Å². The zero-order chi connectivity index (χ0) is 49.2. The summed E-state index contributed by atoms with van der Waals surface area (Å²) in [5.41, 5.74) is -3.56. The van der Waals surface area contributed by atoms with E-state index in [-0.39, 0.29) is 45.3 Å². The van der Waals surface area contributed by atoms with E-state index >= 15 is 17.6 Å². The van der Waals surface area contributed by atoms with Crippen LogP contribution in [0, 0.1) is 45.9 Å². The van der Waals surface area contributed by atoms with Crippen molar-refractivity contribution in [1.82, 2.24) is 0 Å². The summed E-state index contributed by atoms with van der Waals surface area (Å²) in [5.74, 6) is -4.75. The number of nitriles is 2. The van der Waals surface area contributed by atoms with E-state index in [1.807, 2.05) is 12.1 Å². The summed E-state index contributed by atoms with van der Waals surface area (Å²) < 4.78 is 151. The number of anilines is 6. The first-order valence-corrected chi connectivity index (χ1v) is 21.2. The number of benzene rings is 10. The number of alkyl halides is 6. The molecule has 0 aromatic heterocycles. The average Bonchev–Trinajstić information content (AvgIpc) is 3.35. The fourth-order valence-corrected chi connectivity index (χ4v) is 9.11. The van der Waals surface area contributed by atoms with Gasteiger partial charge in [-0.25, -0.2) is 17.6 Å². The van der Waals surface area contributed by atoms with Crippen molar-refractivity contribution in [2.45, 2.75) is 12.4 Å². The topological polar surface area (TPSA) is 54.1 Å². The summed E-state index contributed by atoms with van der Waals surface area (Å²) in [6.07, 6.45) is -9.79. The van der Waals surface area contributed by atoms with Crippen LogP contribution in [-0.2, 0) is 12.4 Å². The van der Waals surface area contributed by atoms with E-state index in [4.69, 9.17) is 0 Å². The van der Waals surface area contributed by atoms with Crippen molar-refractivity contribution in [3.05, 3.63) is 215 Å². The molecular weight excluding hydrogens is 919 g/mol. The monoisotopic (exact) mass is 946 g/mol. The van der Waals surface area contributed by atoms with Crippen molar-refractivity contribution < 1.29 is 43.9 Å². The predicted molar refractivity (Wildman–Crippen MR) is 250 cm³/mol. The Morgan fingerprint density at radius 3 is 1.07 bits per heavy atom. The maximum Gasteiger partial charge on any atom is 0.417 e. The molecule has 14 heteroatoms. The van der Waals surface area contributed by atoms with Gasteiger partial charge < -0.3 is 9.80 Å². The summed E-state index contributed by atoms with van der Waals surface area (Å²) in [5, 5.41) is 22.6. The quantitative estimate of drug-likeness (QED) is 0.112. The van der Waals surface area contributed by atoms with Crippen molar-refractivity contribution in [3.8, 4) is 34.4 Å². The summed E-state index contributed by atoms with van der Waals surface area (Å²) in [4.78, 5) is 2.80. The molecule has 0 radical (unpaired) electrons. The molecule has 0 bridgehead atoms. The fourth-order valence-electron chi connectivity index (χ4n) is 9.11. The van der Waals surface area contributed by atoms with Gasteiger partial charge in [-0.05, 0) is 118 Å². The fraction of sp³-hybridized carbons (Fsp3) is 0.0357. The third-order valence-electron chi connectivity index (χ3n) is 12.2. The lowest BCUT2D eigenvalue weighted by Gasteiger charge is -2.30. The molecule has 70 heavy (non-hydrogen) atoms. The van der Waals surface area contributed by atoms with Gasteiger partial charge in [0.1, 0.15) is 23.3 Å². The third kappa shape index (κ3) is 7.69. The van der Waals surface area contributed by atoms with Crippen LogP contribution in [0.4, 0.5) is 78.0 Å². The molecule has 10 aromatic rings. The maximum absolute atomic E-state index is 16.5. The zero-order valence-electron chi connectivity index (χ0n) is 35.7. The number of rotatable bonds is 8. The molecule has 0 heterocycles. The van der Waals surface area contributed by atoms with Gasteiger partial charge in [0, 0.05) is 45.4 Å². The van der Waals surface area contributed by atoms with Gasteiger partial charge in [0.25, 0.3) is 0 Å². The second-order valence-corrected chi connectivity index (χ2v) is 16.2. The lowest BCUT2D eigenvalue weighted by Crippen LogP contribution is -2.14. The Kier molecular flexibility index (Phi) is 10.9. The van der Waals surface area contributed by atoms with E-state index in [2.05, 4.69) is 0 Å². The second kappa shape index (κ2) is 17.0. The van der Waals surface area contributed by atoms with Gasteiger partial charge in [-0.1, -0.05) is 72.8 Å². The van der Waals surface area contributed by atoms with Gasteiger partial charge >= 0.3 is 12.4 Å². The van der Waals surface area contributed by atoms with Gasteiger partial charge in [-0.15, -0.1) is 0 Å². The normalized spacial score (nSPS) is 11.8. The van der Waals surface area contributed by atoms with Crippen LogP contribution in [-0.4, -0.2) is 0 Å². The van der Waals surface area contributed by atoms with Crippen LogP contribution in [0.1, 0.15) is 22.3 Å². The summed E-state index contributed by atoms with van der Waals surface area (Å²) in [6.45, 7) is 0. The molecule has 0 saturated carbocycles. The maximum atomic E-state index is 16.5. The SMILES string of the molecule is N#Cc1ccc(N(c2cc(-c3ccccc3C(F)(F)F)c(F)cc2F)c2ccc3ccc4c(N(c5ccc(C#N)cc5)c5cc(-c6ccccc6C(F)(F)F)c(F)cc5F)ccc5ccc2c3c54)cc1. The van der Waals surface area contributed by atoms with Crippen molar-refractivity contribution in [2.24, 2.45) is 0 Å². The summed E-state index contributed by atoms with van der Waals surface area (Å²) in [7, 11) is 0. The van der Waals surface area contributed by atoms with E-state index < -0.39 is 69.0 Å². The molecule has 0 unspecified atom stereocenters. The first-order valence-electron chi connectivity index (χ1n) is 21.2. The van der Waals surface area contributed by atoms with Gasteiger partial charge in [-0.3, -0.25) is 0 Å². The molecule has 0 spiro atoms. The smallest absolute Gasteiger partial charge is 0.307 e. The molecule has 0 N–H and O–H groups in total. The van der Waals surface area contributed by atoms with E-state index in [0.717, 1.165) is 48.5 Å². The van der Waals surface area contributed by atoms with Crippen LogP contribution in [0.2, 0.25) is 0 Å². The zero-order valence-corrected chi connectivity index (χ0v) is 35.7. The molecule has 0 fully saturated rings. The highest BCUT2D eigenvalue weighted by atomic mass is 19.4. The molecule has 10 rings (SSSR count). The van der Waals surface area contributed by atoms with E-state index in [1.54, 1.807) is 48.5 Å². The standard InChI is InChI=1S/C56H28F10N4/c57-45-27-47(59)51(25-41(45)37-5-1-3-7-43(37)55(61,62)63)69(35-17-9-31(29-67)10-18-35)49-23-15-33-14-22-40-50(24-16-34-13-21-39(49)53(33)54(34)40)70(36-19-11-32(30-68)12-20-36)52-26-42(46(58)28-48(52)60)38-6-2-4-8-44(38)56(64,65)66/h1-28H. The van der Waals surface area contributed by atoms with E-state index in [0.29, 0.717) is 44.5 Å². The molecule has 0 aliphatic rings. The minimum Gasteiger partial charge on any atom is -0.307 e. The average molecular weight is 947 g/mol. The molecule has 0 atom stereocenters. The molecule has 0 aliphatic carbocycles. The molecule has 342 valence electrons. The molecular formula is C56H28F10N4. The molecule has 0 amide bonds. The molecule has 0 saturated heterocycles. The van der Waals surface area contributed by atoms with Gasteiger partial charge in [0.2, 0.25) is 0 Å². The van der Waals surface area contributed by atoms with Gasteiger partial charge in [-0.2, -0.15) is 36.9 Å². The predicted octanol–water partition coefficient (Wildman–Crippen LogP) is 17.2. The van der Waals surface area contributed by atoms with Crippen LogP contribution in [0.3, 0.4) is 0 Å². The van der Waals surface area contributed by atoms with Gasteiger partial charge in [0.05, 0.1) is 57.1 Å². The lowest BCUT2D eigenvalue weighted by molar-refractivity contribution is -0.137. The van der Waals surface area contributed by atoms with Crippen LogP contribution in [0.5, 0.6) is 0 Å². The summed E-state index contributed by atoms with van der Waals surface area (Å²) in [6, 6.07) is 41.4. The number of halogens is 10. The Balaban J connectivity index is 1.23. The molecule has 10 aromatic carbocycles. The van der Waals surface area contributed by atoms with Crippen molar-refractivity contribution in [3.63, 3.8) is 0 Å². The Labute approximate surface area is 391 Å². The largest absolute Gasteiger partial charge is 0.417 e. The van der Waals surface area contributed by atoms with Gasteiger partial charge in [0.15, 0.2) is 0 Å². The highest BCUT2D eigenvalue weighted by molar-refractivity contribution is 6.28. The van der Waals surface area contributed by atoms with E-state index in [9.17, 15) is 36.9 Å². The number of hydrogen-bond donors (Lipinski definition) is 0. The van der Waals surface area contributed by atoms with Crippen LogP contribution in [0.25, 0.3) is 54.6 Å². The Bertz CT molecular complexity index is 3530. The Morgan fingerprint density at radius 1 is 0.357 bits per heavy atom. The van der Waals surface area contributed by atoms with Crippen molar-refractivity contribution in [1.29, 1.82) is 10.5 Å². The Morgan fingerprint density at radius 2 is 0.714 bits per heavy atom. The van der Waals surface area contributed by atoms with Crippen LogP contribution < -0.4 is 9.80 Å². The lowest BCUT2D eigenvalue weighted by atomic mass is 9.91. The second-order valence-electron chi connectivity index (χ2n) is 16.2. The summed E-state index contributed by atoms with van der Waals surface area (Å²) >= 11 is 0. The van der Waals surface area contributed by atoms with E-state index in [1.165, 1.54) is 70.5 Å². The van der Waals surface area contributed by atoms with Crippen molar-refractivity contribution in [2.75, 3.05) is 9.80 Å². The Hall–Kier alpha value is -8.88. The molecule has 4 nitrogen and oxygen atoms in total. The number of nitrogens with zero attached hydrogens (tertiary/aromatic N) is 4. The highest BCUT2D eigenvalue weighted by Gasteiger charge is 2.36. The molecule has 0 aliphatic heterocycles. The first kappa shape index (κ1) is 44.9.